The van der Waals surface area contributed by atoms with Gasteiger partial charge in [0.05, 0.1) is 13.2 Å². The molecule has 1 amide bonds. The molecule has 36 heavy (non-hydrogen) atoms. The Morgan fingerprint density at radius 1 is 1.11 bits per heavy atom. The fourth-order valence-corrected chi connectivity index (χ4v) is 5.28. The lowest BCUT2D eigenvalue weighted by atomic mass is 9.98. The van der Waals surface area contributed by atoms with Crippen LogP contribution in [0.2, 0.25) is 0 Å². The maximum Gasteiger partial charge on any atom is 0.264 e. The lowest BCUT2D eigenvalue weighted by Gasteiger charge is -2.31. The third-order valence-electron chi connectivity index (χ3n) is 7.22. The molecule has 2 aliphatic heterocycles. The number of carbonyl (C=O) groups excluding carboxylic acids is 1. The molecular weight excluding hydrogens is 478 g/mol. The first-order valence-corrected chi connectivity index (χ1v) is 14.6. The summed E-state index contributed by atoms with van der Waals surface area (Å²) >= 11 is 0. The van der Waals surface area contributed by atoms with Crippen LogP contribution in [0.5, 0.6) is 0 Å². The maximum atomic E-state index is 12.1. The Kier molecular flexibility index (Phi) is 10.5. The summed E-state index contributed by atoms with van der Waals surface area (Å²) in [6, 6.07) is 8.34. The summed E-state index contributed by atoms with van der Waals surface area (Å²) in [5.41, 5.74) is 4.95. The van der Waals surface area contributed by atoms with Crippen molar-refractivity contribution < 1.29 is 23.2 Å². The number of nitrogens with zero attached hydrogens (tertiary/aromatic N) is 2. The van der Waals surface area contributed by atoms with E-state index >= 15 is 0 Å². The van der Waals surface area contributed by atoms with Crippen LogP contribution >= 0.6 is 0 Å². The molecule has 3 rings (SSSR count). The predicted octanol–water partition coefficient (Wildman–Crippen LogP) is 2.33. The van der Waals surface area contributed by atoms with Crippen molar-refractivity contribution >= 4 is 21.3 Å². The van der Waals surface area contributed by atoms with Crippen molar-refractivity contribution in [3.63, 3.8) is 0 Å². The number of ether oxygens (including phenoxy) is 1. The van der Waals surface area contributed by atoms with Crippen LogP contribution in [-0.2, 0) is 19.4 Å². The lowest BCUT2D eigenvalue weighted by Crippen LogP contribution is -2.51. The number of amides is 1. The topological polar surface area (TPSA) is 99.2 Å². The number of unbranched alkanes of at least 4 members (excludes halogenated alkanes) is 2. The third kappa shape index (κ3) is 7.89. The van der Waals surface area contributed by atoms with E-state index in [2.05, 4.69) is 52.0 Å². The quantitative estimate of drug-likeness (QED) is 0.213. The van der Waals surface area contributed by atoms with Gasteiger partial charge in [-0.15, -0.1) is 0 Å². The number of benzene rings is 1. The third-order valence-corrected chi connectivity index (χ3v) is 9.24. The second-order valence-electron chi connectivity index (χ2n) is 9.76. The monoisotopic (exact) mass is 517 g/mol. The smallest absolute Gasteiger partial charge is 0.264 e. The minimum absolute atomic E-state index is 0.113. The van der Waals surface area contributed by atoms with Gasteiger partial charge in [-0.25, -0.2) is 13.9 Å². The van der Waals surface area contributed by atoms with E-state index in [1.54, 1.807) is 0 Å². The number of hydrogen-bond donors (Lipinski definition) is 2. The molecule has 9 heteroatoms. The Bertz CT molecular complexity index is 1070. The van der Waals surface area contributed by atoms with E-state index in [0.29, 0.717) is 13.1 Å². The van der Waals surface area contributed by atoms with Crippen molar-refractivity contribution in [3.05, 3.63) is 41.5 Å². The molecule has 0 saturated carbocycles. The number of rotatable bonds is 10. The van der Waals surface area contributed by atoms with Crippen LogP contribution in [0.4, 0.5) is 0 Å². The van der Waals surface area contributed by atoms with Gasteiger partial charge in [-0.2, -0.15) is 0 Å². The highest BCUT2D eigenvalue weighted by atomic mass is 32.2. The Hall–Kier alpha value is -2.22. The predicted molar refractivity (Wildman–Crippen MR) is 141 cm³/mol. The summed E-state index contributed by atoms with van der Waals surface area (Å²) in [5.74, 6) is 5.66. The Labute approximate surface area is 215 Å². The second kappa shape index (κ2) is 13.4. The Morgan fingerprint density at radius 2 is 1.83 bits per heavy atom. The van der Waals surface area contributed by atoms with Gasteiger partial charge in [0.1, 0.15) is 0 Å². The van der Waals surface area contributed by atoms with E-state index < -0.39 is 20.5 Å². The van der Waals surface area contributed by atoms with Crippen molar-refractivity contribution in [1.82, 2.24) is 15.3 Å². The summed E-state index contributed by atoms with van der Waals surface area (Å²) in [7, 11) is -3.68. The van der Waals surface area contributed by atoms with Crippen molar-refractivity contribution in [2.24, 2.45) is 0 Å². The highest BCUT2D eigenvalue weighted by Crippen LogP contribution is 2.25. The number of hydroxylamine groups is 1. The van der Waals surface area contributed by atoms with Gasteiger partial charge in [-0.05, 0) is 62.4 Å². The first kappa shape index (κ1) is 28.4. The SMILES string of the molecule is CC(CCN1CC=C(c2ccc(C#CCCCCN3CCOCC3)cc2)CC1)(C(=O)NO)S(C)(=O)=O. The molecule has 0 radical (unpaired) electrons. The summed E-state index contributed by atoms with van der Waals surface area (Å²) in [6.07, 6.45) is 7.32. The van der Waals surface area contributed by atoms with Crippen LogP contribution in [0.15, 0.2) is 30.3 Å². The molecular formula is C27H39N3O5S. The van der Waals surface area contributed by atoms with E-state index in [0.717, 1.165) is 70.5 Å². The molecule has 2 N–H and O–H groups in total. The largest absolute Gasteiger partial charge is 0.379 e. The van der Waals surface area contributed by atoms with Gasteiger partial charge in [-0.3, -0.25) is 19.8 Å². The van der Waals surface area contributed by atoms with E-state index in [1.807, 2.05) is 0 Å². The van der Waals surface area contributed by atoms with Gasteiger partial charge >= 0.3 is 0 Å². The summed E-state index contributed by atoms with van der Waals surface area (Å²) in [6.45, 7) is 8.16. The van der Waals surface area contributed by atoms with E-state index in [4.69, 9.17) is 9.94 Å². The standard InChI is InChI=1S/C27H39N3O5S/c1-27(26(31)28-32,36(2,33)34)14-18-30-16-12-25(13-17-30)24-10-8-23(9-11-24)7-5-3-4-6-15-29-19-21-35-22-20-29/h8-12,32H,3-4,6,13-22H2,1-2H3,(H,28,31). The van der Waals surface area contributed by atoms with Gasteiger partial charge < -0.3 is 4.74 Å². The zero-order valence-corrected chi connectivity index (χ0v) is 22.3. The summed E-state index contributed by atoms with van der Waals surface area (Å²) in [4.78, 5) is 16.6. The molecule has 8 nitrogen and oxygen atoms in total. The average molecular weight is 518 g/mol. The summed E-state index contributed by atoms with van der Waals surface area (Å²) in [5, 5.41) is 8.98. The number of morpholine rings is 1. The van der Waals surface area contributed by atoms with Crippen molar-refractivity contribution in [2.75, 3.05) is 58.7 Å². The molecule has 1 unspecified atom stereocenters. The highest BCUT2D eigenvalue weighted by molar-refractivity contribution is 7.92. The van der Waals surface area contributed by atoms with Gasteiger partial charge in [0.25, 0.3) is 5.91 Å². The molecule has 2 heterocycles. The van der Waals surface area contributed by atoms with Crippen LogP contribution in [-0.4, -0.2) is 92.8 Å². The lowest BCUT2D eigenvalue weighted by molar-refractivity contribution is -0.131. The molecule has 0 aromatic heterocycles. The van der Waals surface area contributed by atoms with Gasteiger partial charge in [0.2, 0.25) is 0 Å². The Morgan fingerprint density at radius 3 is 2.44 bits per heavy atom. The zero-order valence-electron chi connectivity index (χ0n) is 21.5. The van der Waals surface area contributed by atoms with Crippen molar-refractivity contribution in [3.8, 4) is 11.8 Å². The van der Waals surface area contributed by atoms with E-state index in [-0.39, 0.29) is 6.42 Å². The molecule has 1 atom stereocenters. The molecule has 1 aromatic carbocycles. The van der Waals surface area contributed by atoms with Crippen LogP contribution < -0.4 is 5.48 Å². The van der Waals surface area contributed by atoms with Crippen LogP contribution in [0, 0.1) is 11.8 Å². The first-order valence-electron chi connectivity index (χ1n) is 12.7. The van der Waals surface area contributed by atoms with Crippen LogP contribution in [0.3, 0.4) is 0 Å². The first-order chi connectivity index (χ1) is 17.2. The van der Waals surface area contributed by atoms with Crippen LogP contribution in [0.25, 0.3) is 5.57 Å². The molecule has 0 bridgehead atoms. The number of nitrogens with one attached hydrogen (secondary N) is 1. The van der Waals surface area contributed by atoms with Crippen molar-refractivity contribution in [2.45, 2.75) is 43.8 Å². The average Bonchev–Trinajstić information content (AvgIpc) is 2.89. The van der Waals surface area contributed by atoms with Gasteiger partial charge in [0.15, 0.2) is 14.6 Å². The number of hydrogen-bond acceptors (Lipinski definition) is 7. The fraction of sp³-hybridized carbons (Fsp3) is 0.593. The number of sulfone groups is 1. The maximum absolute atomic E-state index is 12.1. The van der Waals surface area contributed by atoms with E-state index in [9.17, 15) is 13.2 Å². The summed E-state index contributed by atoms with van der Waals surface area (Å²) < 4.78 is 28.0. The fourth-order valence-electron chi connectivity index (χ4n) is 4.44. The minimum Gasteiger partial charge on any atom is -0.379 e. The van der Waals surface area contributed by atoms with Gasteiger partial charge in [0, 0.05) is 51.0 Å². The van der Waals surface area contributed by atoms with E-state index in [1.165, 1.54) is 30.0 Å². The highest BCUT2D eigenvalue weighted by Gasteiger charge is 2.43. The Balaban J connectivity index is 1.44. The van der Waals surface area contributed by atoms with Crippen LogP contribution in [0.1, 0.15) is 50.2 Å². The molecule has 2 aliphatic rings. The molecule has 0 spiro atoms. The van der Waals surface area contributed by atoms with Crippen molar-refractivity contribution in [1.29, 1.82) is 0 Å². The molecule has 0 aliphatic carbocycles. The number of carbonyl (C=O) groups is 1. The molecule has 198 valence electrons. The molecule has 1 saturated heterocycles. The molecule has 1 aromatic rings. The minimum atomic E-state index is -3.68. The zero-order chi connectivity index (χ0) is 26.0. The second-order valence-corrected chi connectivity index (χ2v) is 12.2. The molecule has 1 fully saturated rings. The van der Waals surface area contributed by atoms with Gasteiger partial charge in [-0.1, -0.05) is 30.0 Å². The normalized spacial score (nSPS) is 19.0.